The lowest BCUT2D eigenvalue weighted by Crippen LogP contribution is -2.34. The SMILES string of the molecule is C=CC(=C)OC1(C)CC2CCC1C2. The second kappa shape index (κ2) is 2.90. The van der Waals surface area contributed by atoms with Gasteiger partial charge in [-0.3, -0.25) is 0 Å². The lowest BCUT2D eigenvalue weighted by Gasteiger charge is -2.34. The normalized spacial score (nSPS) is 41.9. The minimum atomic E-state index is 0.0637. The van der Waals surface area contributed by atoms with Crippen LogP contribution < -0.4 is 0 Å². The van der Waals surface area contributed by atoms with Crippen LogP contribution in [-0.2, 0) is 4.74 Å². The highest BCUT2D eigenvalue weighted by Gasteiger charge is 2.49. The van der Waals surface area contributed by atoms with E-state index in [0.717, 1.165) is 17.6 Å². The van der Waals surface area contributed by atoms with Gasteiger partial charge < -0.3 is 4.74 Å². The van der Waals surface area contributed by atoms with E-state index in [-0.39, 0.29) is 5.60 Å². The van der Waals surface area contributed by atoms with Gasteiger partial charge in [0.1, 0.15) is 11.4 Å². The van der Waals surface area contributed by atoms with Crippen LogP contribution in [0.1, 0.15) is 32.6 Å². The molecule has 2 rings (SSSR count). The molecule has 3 atom stereocenters. The van der Waals surface area contributed by atoms with Gasteiger partial charge in [0.15, 0.2) is 0 Å². The summed E-state index contributed by atoms with van der Waals surface area (Å²) < 4.78 is 5.87. The third-order valence-corrected chi connectivity index (χ3v) is 3.69. The second-order valence-electron chi connectivity index (χ2n) is 4.67. The van der Waals surface area contributed by atoms with E-state index in [1.807, 2.05) is 0 Å². The van der Waals surface area contributed by atoms with Gasteiger partial charge in [0, 0.05) is 0 Å². The lowest BCUT2D eigenvalue weighted by atomic mass is 9.85. The fourth-order valence-electron chi connectivity index (χ4n) is 3.02. The van der Waals surface area contributed by atoms with E-state index in [9.17, 15) is 0 Å². The van der Waals surface area contributed by atoms with E-state index >= 15 is 0 Å². The summed E-state index contributed by atoms with van der Waals surface area (Å²) in [4.78, 5) is 0. The van der Waals surface area contributed by atoms with Gasteiger partial charge >= 0.3 is 0 Å². The molecule has 0 spiro atoms. The van der Waals surface area contributed by atoms with E-state index in [0.29, 0.717) is 0 Å². The molecule has 1 nitrogen and oxygen atoms in total. The van der Waals surface area contributed by atoms with Gasteiger partial charge in [0.05, 0.1) is 0 Å². The van der Waals surface area contributed by atoms with Gasteiger partial charge in [0.2, 0.25) is 0 Å². The zero-order valence-corrected chi connectivity index (χ0v) is 8.38. The van der Waals surface area contributed by atoms with Crippen LogP contribution in [0.3, 0.4) is 0 Å². The first-order valence-electron chi connectivity index (χ1n) is 5.14. The molecule has 0 aliphatic heterocycles. The van der Waals surface area contributed by atoms with Crippen molar-refractivity contribution in [1.82, 2.24) is 0 Å². The Balaban J connectivity index is 2.05. The van der Waals surface area contributed by atoms with Crippen LogP contribution in [0.4, 0.5) is 0 Å². The Morgan fingerprint density at radius 3 is 2.77 bits per heavy atom. The van der Waals surface area contributed by atoms with Gasteiger partial charge in [-0.1, -0.05) is 13.2 Å². The van der Waals surface area contributed by atoms with E-state index < -0.39 is 0 Å². The van der Waals surface area contributed by atoms with Crippen molar-refractivity contribution in [2.45, 2.75) is 38.2 Å². The molecule has 0 N–H and O–H groups in total. The quantitative estimate of drug-likeness (QED) is 0.476. The van der Waals surface area contributed by atoms with Crippen molar-refractivity contribution in [1.29, 1.82) is 0 Å². The Morgan fingerprint density at radius 2 is 2.31 bits per heavy atom. The molecule has 2 aliphatic rings. The first kappa shape index (κ1) is 8.86. The molecule has 2 aliphatic carbocycles. The Bertz CT molecular complexity index is 244. The molecule has 72 valence electrons. The molecule has 2 bridgehead atoms. The van der Waals surface area contributed by atoms with E-state index in [1.165, 1.54) is 25.7 Å². The summed E-state index contributed by atoms with van der Waals surface area (Å²) in [5.74, 6) is 2.40. The number of ether oxygens (including phenoxy) is 1. The molecule has 0 heterocycles. The second-order valence-corrected chi connectivity index (χ2v) is 4.67. The van der Waals surface area contributed by atoms with Gasteiger partial charge in [0.25, 0.3) is 0 Å². The van der Waals surface area contributed by atoms with E-state index in [2.05, 4.69) is 20.1 Å². The molecule has 0 saturated heterocycles. The van der Waals surface area contributed by atoms with Crippen LogP contribution in [0.2, 0.25) is 0 Å². The van der Waals surface area contributed by atoms with Crippen molar-refractivity contribution in [3.05, 3.63) is 25.0 Å². The molecule has 1 heteroatoms. The molecule has 13 heavy (non-hydrogen) atoms. The summed E-state index contributed by atoms with van der Waals surface area (Å²) >= 11 is 0. The van der Waals surface area contributed by atoms with Crippen molar-refractivity contribution < 1.29 is 4.74 Å². The summed E-state index contributed by atoms with van der Waals surface area (Å²) in [5.41, 5.74) is 0.0637. The molecule has 2 saturated carbocycles. The highest BCUT2D eigenvalue weighted by Crippen LogP contribution is 2.52. The van der Waals surface area contributed by atoms with Crippen LogP contribution in [0.5, 0.6) is 0 Å². The zero-order chi connectivity index (χ0) is 9.47. The van der Waals surface area contributed by atoms with Crippen LogP contribution in [0.15, 0.2) is 25.0 Å². The standard InChI is InChI=1S/C12H18O/c1-4-9(2)13-12(3)8-10-5-6-11(12)7-10/h4,10-11H,1-2,5-8H2,3H3. The summed E-state index contributed by atoms with van der Waals surface area (Å²) in [6, 6.07) is 0. The number of allylic oxidation sites excluding steroid dienone is 1. The highest BCUT2D eigenvalue weighted by atomic mass is 16.5. The maximum Gasteiger partial charge on any atom is 0.112 e. The summed E-state index contributed by atoms with van der Waals surface area (Å²) in [7, 11) is 0. The van der Waals surface area contributed by atoms with Crippen molar-refractivity contribution in [2.24, 2.45) is 11.8 Å². The van der Waals surface area contributed by atoms with Crippen LogP contribution >= 0.6 is 0 Å². The molecular weight excluding hydrogens is 160 g/mol. The summed E-state index contributed by atoms with van der Waals surface area (Å²) in [5, 5.41) is 0. The topological polar surface area (TPSA) is 9.23 Å². The van der Waals surface area contributed by atoms with Crippen LogP contribution in [0, 0.1) is 11.8 Å². The zero-order valence-electron chi connectivity index (χ0n) is 8.38. The monoisotopic (exact) mass is 178 g/mol. The average Bonchev–Trinajstić information content (AvgIpc) is 2.62. The summed E-state index contributed by atoms with van der Waals surface area (Å²) in [6.07, 6.45) is 7.03. The molecule has 0 aromatic rings. The number of rotatable bonds is 3. The predicted octanol–water partition coefficient (Wildman–Crippen LogP) is 3.28. The lowest BCUT2D eigenvalue weighted by molar-refractivity contribution is -0.0215. The third kappa shape index (κ3) is 1.41. The molecule has 0 aromatic carbocycles. The van der Waals surface area contributed by atoms with Crippen LogP contribution in [0.25, 0.3) is 0 Å². The molecule has 0 aromatic heterocycles. The first-order valence-corrected chi connectivity index (χ1v) is 5.14. The van der Waals surface area contributed by atoms with E-state index in [1.54, 1.807) is 6.08 Å². The number of hydrogen-bond acceptors (Lipinski definition) is 1. The Hall–Kier alpha value is -0.720. The molecular formula is C12H18O. The number of fused-ring (bicyclic) bond motifs is 2. The average molecular weight is 178 g/mol. The fourth-order valence-corrected chi connectivity index (χ4v) is 3.02. The fraction of sp³-hybridized carbons (Fsp3) is 0.667. The Morgan fingerprint density at radius 1 is 1.54 bits per heavy atom. The van der Waals surface area contributed by atoms with Gasteiger partial charge in [-0.15, -0.1) is 0 Å². The first-order chi connectivity index (χ1) is 6.14. The predicted molar refractivity (Wildman–Crippen MR) is 54.3 cm³/mol. The maximum atomic E-state index is 5.87. The number of hydrogen-bond donors (Lipinski definition) is 0. The molecule has 0 radical (unpaired) electrons. The largest absolute Gasteiger partial charge is 0.488 e. The molecule has 3 unspecified atom stereocenters. The maximum absolute atomic E-state index is 5.87. The summed E-state index contributed by atoms with van der Waals surface area (Å²) in [6.45, 7) is 9.72. The Labute approximate surface area is 80.5 Å². The van der Waals surface area contributed by atoms with Crippen molar-refractivity contribution in [3.63, 3.8) is 0 Å². The smallest absolute Gasteiger partial charge is 0.112 e. The minimum absolute atomic E-state index is 0.0637. The van der Waals surface area contributed by atoms with Crippen molar-refractivity contribution in [3.8, 4) is 0 Å². The molecule has 0 amide bonds. The van der Waals surface area contributed by atoms with E-state index in [4.69, 9.17) is 4.74 Å². The van der Waals surface area contributed by atoms with Crippen molar-refractivity contribution >= 4 is 0 Å². The third-order valence-electron chi connectivity index (χ3n) is 3.69. The highest BCUT2D eigenvalue weighted by molar-refractivity contribution is 5.08. The van der Waals surface area contributed by atoms with Crippen molar-refractivity contribution in [2.75, 3.05) is 0 Å². The van der Waals surface area contributed by atoms with Gasteiger partial charge in [-0.25, -0.2) is 0 Å². The van der Waals surface area contributed by atoms with Gasteiger partial charge in [-0.2, -0.15) is 0 Å². The van der Waals surface area contributed by atoms with Gasteiger partial charge in [-0.05, 0) is 50.5 Å². The van der Waals surface area contributed by atoms with Crippen LogP contribution in [-0.4, -0.2) is 5.60 Å². The Kier molecular flexibility index (Phi) is 1.98. The molecule has 2 fully saturated rings. The minimum Gasteiger partial charge on any atom is -0.488 e.